The number of rotatable bonds is 4. The maximum atomic E-state index is 13.3. The molecule has 0 radical (unpaired) electrons. The summed E-state index contributed by atoms with van der Waals surface area (Å²) >= 11 is 0. The first kappa shape index (κ1) is 18.4. The summed E-state index contributed by atoms with van der Waals surface area (Å²) < 4.78 is 55.6. The van der Waals surface area contributed by atoms with Crippen molar-refractivity contribution < 1.29 is 17.2 Å². The Morgan fingerprint density at radius 1 is 1.17 bits per heavy atom. The lowest BCUT2D eigenvalue weighted by molar-refractivity contribution is 0.493. The maximum absolute atomic E-state index is 13.3. The van der Waals surface area contributed by atoms with Gasteiger partial charge >= 0.3 is 0 Å². The quantitative estimate of drug-likeness (QED) is 0.904. The van der Waals surface area contributed by atoms with Crippen molar-refractivity contribution in [3.8, 4) is 0 Å². The second kappa shape index (κ2) is 6.16. The second-order valence-electron chi connectivity index (χ2n) is 6.90. The summed E-state index contributed by atoms with van der Waals surface area (Å²) in [6, 6.07) is 2.82. The number of hydrogen-bond acceptors (Lipinski definition) is 3. The van der Waals surface area contributed by atoms with E-state index >= 15 is 0 Å². The van der Waals surface area contributed by atoms with Gasteiger partial charge in [0.05, 0.1) is 11.4 Å². The average Bonchev–Trinajstić information content (AvgIpc) is 2.89. The number of nitrogens with zero attached hydrogens (tertiary/aromatic N) is 2. The summed E-state index contributed by atoms with van der Waals surface area (Å²) in [6.07, 6.45) is 1.45. The van der Waals surface area contributed by atoms with Gasteiger partial charge in [-0.1, -0.05) is 20.8 Å². The van der Waals surface area contributed by atoms with Crippen LogP contribution in [0.3, 0.4) is 0 Å². The zero-order chi connectivity index (χ0) is 18.3. The first-order chi connectivity index (χ1) is 10.9. The number of hydrogen-bond donors (Lipinski definition) is 1. The van der Waals surface area contributed by atoms with Crippen molar-refractivity contribution in [3.63, 3.8) is 0 Å². The Bertz CT molecular complexity index is 853. The van der Waals surface area contributed by atoms with E-state index in [4.69, 9.17) is 0 Å². The number of anilines is 1. The summed E-state index contributed by atoms with van der Waals surface area (Å²) in [6.45, 7) is 9.35. The van der Waals surface area contributed by atoms with Gasteiger partial charge in [0, 0.05) is 23.7 Å². The van der Waals surface area contributed by atoms with E-state index in [0.29, 0.717) is 5.69 Å². The molecule has 5 nitrogen and oxygen atoms in total. The van der Waals surface area contributed by atoms with Crippen molar-refractivity contribution in [1.29, 1.82) is 0 Å². The molecule has 1 N–H and O–H groups in total. The Kier molecular flexibility index (Phi) is 4.72. The lowest BCUT2D eigenvalue weighted by Crippen LogP contribution is -2.20. The third kappa shape index (κ3) is 3.75. The molecular weight excluding hydrogens is 336 g/mol. The zero-order valence-electron chi connectivity index (χ0n) is 14.3. The lowest BCUT2D eigenvalue weighted by Gasteiger charge is -2.18. The highest BCUT2D eigenvalue weighted by Gasteiger charge is 2.30. The Hall–Kier alpha value is -1.96. The molecule has 0 aliphatic carbocycles. The molecule has 0 saturated heterocycles. The lowest BCUT2D eigenvalue weighted by atomic mass is 9.92. The molecule has 0 aliphatic rings. The minimum atomic E-state index is -3.99. The Morgan fingerprint density at radius 2 is 1.79 bits per heavy atom. The molecule has 0 saturated carbocycles. The van der Waals surface area contributed by atoms with Crippen LogP contribution in [0.5, 0.6) is 0 Å². The van der Waals surface area contributed by atoms with Gasteiger partial charge in [-0.15, -0.1) is 0 Å². The summed E-state index contributed by atoms with van der Waals surface area (Å²) in [5.74, 6) is -2.16. The smallest absolute Gasteiger partial charge is 0.265 e. The van der Waals surface area contributed by atoms with E-state index in [-0.39, 0.29) is 16.6 Å². The first-order valence-corrected chi connectivity index (χ1v) is 8.97. The highest BCUT2D eigenvalue weighted by molar-refractivity contribution is 7.92. The van der Waals surface area contributed by atoms with Crippen LogP contribution in [0.15, 0.2) is 29.3 Å². The van der Waals surface area contributed by atoms with E-state index in [1.165, 1.54) is 12.3 Å². The van der Waals surface area contributed by atoms with Crippen LogP contribution < -0.4 is 4.72 Å². The molecule has 1 aromatic heterocycles. The van der Waals surface area contributed by atoms with Gasteiger partial charge in [0.2, 0.25) is 0 Å². The molecule has 0 aliphatic heterocycles. The highest BCUT2D eigenvalue weighted by Crippen LogP contribution is 2.30. The predicted octanol–water partition coefficient (Wildman–Crippen LogP) is 3.84. The maximum Gasteiger partial charge on any atom is 0.265 e. The molecule has 0 atom stereocenters. The number of nitrogens with one attached hydrogen (secondary N) is 1. The molecule has 132 valence electrons. The van der Waals surface area contributed by atoms with Gasteiger partial charge in [-0.3, -0.25) is 9.40 Å². The van der Waals surface area contributed by atoms with Crippen LogP contribution >= 0.6 is 0 Å². The van der Waals surface area contributed by atoms with Crippen LogP contribution in [-0.2, 0) is 15.4 Å². The summed E-state index contributed by atoms with van der Waals surface area (Å²) in [5.41, 5.74) is -0.143. The Labute approximate surface area is 140 Å². The molecule has 1 aromatic carbocycles. The largest absolute Gasteiger partial charge is 0.279 e. The molecule has 0 bridgehead atoms. The van der Waals surface area contributed by atoms with E-state index in [9.17, 15) is 17.2 Å². The topological polar surface area (TPSA) is 64.0 Å². The fraction of sp³-hybridized carbons (Fsp3) is 0.438. The molecule has 1 heterocycles. The van der Waals surface area contributed by atoms with Crippen molar-refractivity contribution >= 4 is 15.7 Å². The van der Waals surface area contributed by atoms with E-state index in [1.807, 2.05) is 34.6 Å². The Morgan fingerprint density at radius 3 is 2.29 bits per heavy atom. The SMILES string of the molecule is CC(C)n1cc(S(=O)(=O)Nc2ccc(F)c(F)c2)c(C(C)(C)C)n1. The monoisotopic (exact) mass is 357 g/mol. The van der Waals surface area contributed by atoms with Crippen molar-refractivity contribution in [2.24, 2.45) is 0 Å². The number of sulfonamides is 1. The summed E-state index contributed by atoms with van der Waals surface area (Å²) in [7, 11) is -3.99. The molecule has 0 amide bonds. The second-order valence-corrected chi connectivity index (χ2v) is 8.55. The van der Waals surface area contributed by atoms with Gasteiger partial charge in [-0.2, -0.15) is 5.10 Å². The molecular formula is C16H21F2N3O2S. The van der Waals surface area contributed by atoms with Crippen LogP contribution in [-0.4, -0.2) is 18.2 Å². The van der Waals surface area contributed by atoms with E-state index in [1.54, 1.807) is 4.68 Å². The van der Waals surface area contributed by atoms with E-state index < -0.39 is 27.1 Å². The van der Waals surface area contributed by atoms with E-state index in [0.717, 1.165) is 12.1 Å². The number of aromatic nitrogens is 2. The minimum absolute atomic E-state index is 0.0154. The Balaban J connectivity index is 2.50. The van der Waals surface area contributed by atoms with Crippen LogP contribution in [0.4, 0.5) is 14.5 Å². The fourth-order valence-corrected chi connectivity index (χ4v) is 3.52. The van der Waals surface area contributed by atoms with Gasteiger partial charge < -0.3 is 0 Å². The molecule has 24 heavy (non-hydrogen) atoms. The summed E-state index contributed by atoms with van der Waals surface area (Å²) in [4.78, 5) is 0.0217. The van der Waals surface area contributed by atoms with E-state index in [2.05, 4.69) is 9.82 Å². The minimum Gasteiger partial charge on any atom is -0.279 e. The predicted molar refractivity (Wildman–Crippen MR) is 88.5 cm³/mol. The molecule has 2 rings (SSSR count). The van der Waals surface area contributed by atoms with Crippen molar-refractivity contribution in [2.45, 2.75) is 51.0 Å². The first-order valence-electron chi connectivity index (χ1n) is 7.49. The van der Waals surface area contributed by atoms with Crippen LogP contribution in [0.2, 0.25) is 0 Å². The molecule has 0 unspecified atom stereocenters. The van der Waals surface area contributed by atoms with Crippen LogP contribution in [0.1, 0.15) is 46.4 Å². The highest BCUT2D eigenvalue weighted by atomic mass is 32.2. The fourth-order valence-electron chi connectivity index (χ4n) is 2.13. The van der Waals surface area contributed by atoms with Crippen molar-refractivity contribution in [3.05, 3.63) is 41.7 Å². The third-order valence-electron chi connectivity index (χ3n) is 3.40. The zero-order valence-corrected chi connectivity index (χ0v) is 15.1. The van der Waals surface area contributed by atoms with Gasteiger partial charge in [0.15, 0.2) is 11.6 Å². The number of halogens is 2. The van der Waals surface area contributed by atoms with Gasteiger partial charge in [0.25, 0.3) is 10.0 Å². The summed E-state index contributed by atoms with van der Waals surface area (Å²) in [5, 5.41) is 4.38. The van der Waals surface area contributed by atoms with Crippen LogP contribution in [0, 0.1) is 11.6 Å². The van der Waals surface area contributed by atoms with Gasteiger partial charge in [0.1, 0.15) is 4.90 Å². The average molecular weight is 357 g/mol. The molecule has 8 heteroatoms. The number of benzene rings is 1. The van der Waals surface area contributed by atoms with Crippen molar-refractivity contribution in [1.82, 2.24) is 9.78 Å². The van der Waals surface area contributed by atoms with Crippen molar-refractivity contribution in [2.75, 3.05) is 4.72 Å². The standard InChI is InChI=1S/C16H21F2N3O2S/c1-10(2)21-9-14(15(19-21)16(3,4)5)24(22,23)20-11-6-7-12(17)13(18)8-11/h6-10,20H,1-5H3. The molecule has 2 aromatic rings. The third-order valence-corrected chi connectivity index (χ3v) is 4.78. The molecule has 0 fully saturated rings. The normalized spacial score (nSPS) is 12.7. The van der Waals surface area contributed by atoms with Gasteiger partial charge in [-0.25, -0.2) is 17.2 Å². The van der Waals surface area contributed by atoms with Gasteiger partial charge in [-0.05, 0) is 26.0 Å². The molecule has 0 spiro atoms. The van der Waals surface area contributed by atoms with Crippen LogP contribution in [0.25, 0.3) is 0 Å².